The summed E-state index contributed by atoms with van der Waals surface area (Å²) in [6.45, 7) is 4.65. The Balaban J connectivity index is 1.51. The third kappa shape index (κ3) is 5.55. The predicted molar refractivity (Wildman–Crippen MR) is 85.4 cm³/mol. The third-order valence-electron chi connectivity index (χ3n) is 3.92. The molecule has 2 N–H and O–H groups in total. The van der Waals surface area contributed by atoms with Crippen molar-refractivity contribution in [1.29, 1.82) is 0 Å². The minimum atomic E-state index is 0.781. The summed E-state index contributed by atoms with van der Waals surface area (Å²) in [7, 11) is 0. The van der Waals surface area contributed by atoms with Crippen LogP contribution in [0.4, 0.5) is 0 Å². The van der Waals surface area contributed by atoms with Crippen molar-refractivity contribution in [3.05, 3.63) is 35.9 Å². The fraction of sp³-hybridized carbons (Fsp3) is 0.625. The Kier molecular flexibility index (Phi) is 6.75. The Morgan fingerprint density at radius 3 is 2.58 bits per heavy atom. The van der Waals surface area contributed by atoms with Crippen LogP contribution in [0, 0.1) is 5.92 Å². The SMILES string of the molecule is NCC1CCN(CCCSCc2ccccc2)CC1. The molecule has 0 atom stereocenters. The van der Waals surface area contributed by atoms with Crippen LogP contribution in [0.1, 0.15) is 24.8 Å². The van der Waals surface area contributed by atoms with E-state index in [0.29, 0.717) is 0 Å². The summed E-state index contributed by atoms with van der Waals surface area (Å²) in [5.74, 6) is 3.20. The highest BCUT2D eigenvalue weighted by Crippen LogP contribution is 2.17. The van der Waals surface area contributed by atoms with Gasteiger partial charge >= 0.3 is 0 Å². The van der Waals surface area contributed by atoms with Crippen LogP contribution in [0.3, 0.4) is 0 Å². The van der Waals surface area contributed by atoms with E-state index in [1.807, 2.05) is 0 Å². The van der Waals surface area contributed by atoms with E-state index in [1.165, 1.54) is 50.2 Å². The van der Waals surface area contributed by atoms with E-state index in [2.05, 4.69) is 47.0 Å². The fourth-order valence-corrected chi connectivity index (χ4v) is 3.51. The molecular formula is C16H26N2S. The van der Waals surface area contributed by atoms with E-state index in [0.717, 1.165) is 18.2 Å². The molecule has 1 aromatic rings. The van der Waals surface area contributed by atoms with Crippen molar-refractivity contribution >= 4 is 11.8 Å². The first-order valence-electron chi connectivity index (χ1n) is 7.42. The highest BCUT2D eigenvalue weighted by Gasteiger charge is 2.16. The predicted octanol–water partition coefficient (Wildman–Crippen LogP) is 2.98. The number of likely N-dealkylation sites (tertiary alicyclic amines) is 1. The molecule has 3 heteroatoms. The lowest BCUT2D eigenvalue weighted by atomic mass is 9.97. The van der Waals surface area contributed by atoms with Gasteiger partial charge in [-0.15, -0.1) is 0 Å². The Hall–Kier alpha value is -0.510. The van der Waals surface area contributed by atoms with Gasteiger partial charge < -0.3 is 10.6 Å². The first-order valence-corrected chi connectivity index (χ1v) is 8.58. The summed E-state index contributed by atoms with van der Waals surface area (Å²) in [4.78, 5) is 2.61. The van der Waals surface area contributed by atoms with Crippen LogP contribution < -0.4 is 5.73 Å². The molecular weight excluding hydrogens is 252 g/mol. The zero-order valence-corrected chi connectivity index (χ0v) is 12.6. The van der Waals surface area contributed by atoms with Crippen LogP contribution in [-0.4, -0.2) is 36.8 Å². The number of thioether (sulfide) groups is 1. The van der Waals surface area contributed by atoms with E-state index in [1.54, 1.807) is 0 Å². The molecule has 0 radical (unpaired) electrons. The van der Waals surface area contributed by atoms with E-state index in [9.17, 15) is 0 Å². The summed E-state index contributed by atoms with van der Waals surface area (Å²) in [5.41, 5.74) is 7.16. The van der Waals surface area contributed by atoms with Crippen LogP contribution in [0.15, 0.2) is 30.3 Å². The Bertz CT molecular complexity index is 334. The van der Waals surface area contributed by atoms with Crippen LogP contribution in [0.25, 0.3) is 0 Å². The second-order valence-corrected chi connectivity index (χ2v) is 6.52. The Morgan fingerprint density at radius 1 is 1.16 bits per heavy atom. The second kappa shape index (κ2) is 8.62. The molecule has 1 aliphatic rings. The molecule has 0 aromatic heterocycles. The molecule has 0 bridgehead atoms. The normalized spacial score (nSPS) is 17.7. The molecule has 0 saturated carbocycles. The number of nitrogens with zero attached hydrogens (tertiary/aromatic N) is 1. The quantitative estimate of drug-likeness (QED) is 0.778. The highest BCUT2D eigenvalue weighted by atomic mass is 32.2. The number of rotatable bonds is 7. The molecule has 1 aromatic carbocycles. The first kappa shape index (κ1) is 14.9. The number of piperidine rings is 1. The summed E-state index contributed by atoms with van der Waals surface area (Å²) in [6.07, 6.45) is 3.91. The molecule has 106 valence electrons. The van der Waals surface area contributed by atoms with Gasteiger partial charge in [-0.1, -0.05) is 30.3 Å². The number of hydrogen-bond donors (Lipinski definition) is 1. The Labute approximate surface area is 121 Å². The molecule has 1 fully saturated rings. The molecule has 2 rings (SSSR count). The zero-order valence-electron chi connectivity index (χ0n) is 11.8. The minimum Gasteiger partial charge on any atom is -0.330 e. The maximum atomic E-state index is 5.72. The van der Waals surface area contributed by atoms with Crippen molar-refractivity contribution in [3.8, 4) is 0 Å². The van der Waals surface area contributed by atoms with E-state index >= 15 is 0 Å². The smallest absolute Gasteiger partial charge is 0.0184 e. The highest BCUT2D eigenvalue weighted by molar-refractivity contribution is 7.98. The van der Waals surface area contributed by atoms with Gasteiger partial charge in [0.25, 0.3) is 0 Å². The van der Waals surface area contributed by atoms with E-state index < -0.39 is 0 Å². The monoisotopic (exact) mass is 278 g/mol. The van der Waals surface area contributed by atoms with Gasteiger partial charge in [-0.05, 0) is 62.7 Å². The van der Waals surface area contributed by atoms with Gasteiger partial charge in [-0.2, -0.15) is 11.8 Å². The number of benzene rings is 1. The van der Waals surface area contributed by atoms with E-state index in [4.69, 9.17) is 5.73 Å². The zero-order chi connectivity index (χ0) is 13.3. The summed E-state index contributed by atoms with van der Waals surface area (Å²) in [6, 6.07) is 10.8. The molecule has 19 heavy (non-hydrogen) atoms. The maximum Gasteiger partial charge on any atom is 0.0184 e. The van der Waals surface area contributed by atoms with E-state index in [-0.39, 0.29) is 0 Å². The van der Waals surface area contributed by atoms with Gasteiger partial charge in [-0.3, -0.25) is 0 Å². The average molecular weight is 278 g/mol. The van der Waals surface area contributed by atoms with Gasteiger partial charge in [-0.25, -0.2) is 0 Å². The fourth-order valence-electron chi connectivity index (χ4n) is 2.60. The van der Waals surface area contributed by atoms with Crippen molar-refractivity contribution in [3.63, 3.8) is 0 Å². The van der Waals surface area contributed by atoms with Crippen molar-refractivity contribution < 1.29 is 0 Å². The van der Waals surface area contributed by atoms with Gasteiger partial charge in [0.1, 0.15) is 0 Å². The summed E-state index contributed by atoms with van der Waals surface area (Å²) >= 11 is 2.05. The maximum absolute atomic E-state index is 5.72. The van der Waals surface area contributed by atoms with Gasteiger partial charge in [0.15, 0.2) is 0 Å². The molecule has 1 aliphatic heterocycles. The lowest BCUT2D eigenvalue weighted by molar-refractivity contribution is 0.188. The third-order valence-corrected chi connectivity index (χ3v) is 5.03. The summed E-state index contributed by atoms with van der Waals surface area (Å²) in [5, 5.41) is 0. The van der Waals surface area contributed by atoms with Crippen molar-refractivity contribution in [1.82, 2.24) is 4.90 Å². The van der Waals surface area contributed by atoms with Crippen molar-refractivity contribution in [2.75, 3.05) is 31.9 Å². The van der Waals surface area contributed by atoms with Crippen molar-refractivity contribution in [2.45, 2.75) is 25.0 Å². The lowest BCUT2D eigenvalue weighted by Gasteiger charge is -2.31. The van der Waals surface area contributed by atoms with Crippen LogP contribution in [-0.2, 0) is 5.75 Å². The minimum absolute atomic E-state index is 0.781. The second-order valence-electron chi connectivity index (χ2n) is 5.41. The average Bonchev–Trinajstić information content (AvgIpc) is 2.49. The first-order chi connectivity index (χ1) is 9.38. The summed E-state index contributed by atoms with van der Waals surface area (Å²) < 4.78 is 0. The van der Waals surface area contributed by atoms with Gasteiger partial charge in [0, 0.05) is 5.75 Å². The molecule has 1 saturated heterocycles. The van der Waals surface area contributed by atoms with Crippen molar-refractivity contribution in [2.24, 2.45) is 11.7 Å². The largest absolute Gasteiger partial charge is 0.330 e. The number of nitrogens with two attached hydrogens (primary N) is 1. The van der Waals surface area contributed by atoms with Crippen LogP contribution in [0.2, 0.25) is 0 Å². The lowest BCUT2D eigenvalue weighted by Crippen LogP contribution is -2.36. The molecule has 0 spiro atoms. The molecule has 0 unspecified atom stereocenters. The van der Waals surface area contributed by atoms with Gasteiger partial charge in [0.2, 0.25) is 0 Å². The number of hydrogen-bond acceptors (Lipinski definition) is 3. The topological polar surface area (TPSA) is 29.3 Å². The van der Waals surface area contributed by atoms with Gasteiger partial charge in [0.05, 0.1) is 0 Å². The van der Waals surface area contributed by atoms with Crippen LogP contribution in [0.5, 0.6) is 0 Å². The molecule has 0 aliphatic carbocycles. The molecule has 1 heterocycles. The Morgan fingerprint density at radius 2 is 1.89 bits per heavy atom. The molecule has 2 nitrogen and oxygen atoms in total. The standard InChI is InChI=1S/C16H26N2S/c17-13-15-7-10-18(11-8-15)9-4-12-19-14-16-5-2-1-3-6-16/h1-3,5-6,15H,4,7-14,17H2. The van der Waals surface area contributed by atoms with Crippen LogP contribution >= 0.6 is 11.8 Å². The molecule has 0 amide bonds.